The van der Waals surface area contributed by atoms with Crippen LogP contribution in [0.3, 0.4) is 0 Å². The zero-order valence-electron chi connectivity index (χ0n) is 35.9. The summed E-state index contributed by atoms with van der Waals surface area (Å²) in [5.41, 5.74) is 15.8. The molecule has 360 valence electrons. The molecule has 0 aliphatic carbocycles. The SMILES string of the molecule is CC(C)C[C@@H](NC(=O)CNC(=O)[C@H](CCC(N)=O)NC(=O)[C@H](CO)NC(=O)[C@H](CCCCN)NC(=O)[C@H](C)NC(=O)[C@@H]1CCC(=O)N1)C(=O)N[C@@H](CO)C(=O)N[C@@H](CC(N)=O)C(=O)O. The van der Waals surface area contributed by atoms with Crippen LogP contribution < -0.4 is 65.1 Å². The van der Waals surface area contributed by atoms with Crippen molar-refractivity contribution in [3.63, 3.8) is 0 Å². The number of nitrogens with one attached hydrogen (secondary N) is 9. The smallest absolute Gasteiger partial charge is 0.326 e. The van der Waals surface area contributed by atoms with Gasteiger partial charge in [0, 0.05) is 12.8 Å². The summed E-state index contributed by atoms with van der Waals surface area (Å²) >= 11 is 0. The Morgan fingerprint density at radius 1 is 0.656 bits per heavy atom. The van der Waals surface area contributed by atoms with E-state index in [9.17, 15) is 72.9 Å². The van der Waals surface area contributed by atoms with Crippen LogP contribution in [0.15, 0.2) is 0 Å². The van der Waals surface area contributed by atoms with E-state index in [-0.39, 0.29) is 44.1 Å². The van der Waals surface area contributed by atoms with Crippen molar-refractivity contribution >= 4 is 70.9 Å². The van der Waals surface area contributed by atoms with Gasteiger partial charge in [-0.3, -0.25) is 52.7 Å². The van der Waals surface area contributed by atoms with E-state index in [0.717, 1.165) is 0 Å². The quantitative estimate of drug-likeness (QED) is 0.0298. The molecule has 1 heterocycles. The van der Waals surface area contributed by atoms with Gasteiger partial charge in [0.1, 0.15) is 48.3 Å². The van der Waals surface area contributed by atoms with Gasteiger partial charge in [0.05, 0.1) is 26.2 Å². The first-order valence-corrected chi connectivity index (χ1v) is 20.4. The van der Waals surface area contributed by atoms with E-state index in [4.69, 9.17) is 17.2 Å². The highest BCUT2D eigenvalue weighted by Gasteiger charge is 2.34. The minimum absolute atomic E-state index is 0.0161. The third-order valence-electron chi connectivity index (χ3n) is 9.39. The first-order valence-electron chi connectivity index (χ1n) is 20.4. The normalized spacial score (nSPS) is 16.5. The number of amides is 11. The Hall–Kier alpha value is -6.48. The summed E-state index contributed by atoms with van der Waals surface area (Å²) in [4.78, 5) is 150. The molecule has 1 rings (SSSR count). The number of aliphatic hydroxyl groups is 2. The lowest BCUT2D eigenvalue weighted by Gasteiger charge is -2.25. The molecular weight excluding hydrogens is 852 g/mol. The molecule has 1 saturated heterocycles. The van der Waals surface area contributed by atoms with Crippen LogP contribution in [0.1, 0.15) is 78.6 Å². The molecule has 0 unspecified atom stereocenters. The summed E-state index contributed by atoms with van der Waals surface area (Å²) in [6.45, 7) is 2.11. The van der Waals surface area contributed by atoms with E-state index in [2.05, 4.69) is 42.5 Å². The second-order valence-corrected chi connectivity index (χ2v) is 15.3. The number of primary amides is 2. The Bertz CT molecular complexity index is 1710. The average molecular weight is 915 g/mol. The molecule has 0 bridgehead atoms. The summed E-state index contributed by atoms with van der Waals surface area (Å²) < 4.78 is 0. The molecular formula is C37H62N12O15. The second-order valence-electron chi connectivity index (χ2n) is 15.3. The third kappa shape index (κ3) is 20.6. The van der Waals surface area contributed by atoms with Gasteiger partial charge in [-0.2, -0.15) is 0 Å². The number of hydrogen-bond acceptors (Lipinski definition) is 15. The van der Waals surface area contributed by atoms with Crippen LogP contribution in [0.25, 0.3) is 0 Å². The Kier molecular flexibility index (Phi) is 24.5. The first-order chi connectivity index (χ1) is 30.0. The Balaban J connectivity index is 3.04. The highest BCUT2D eigenvalue weighted by molar-refractivity contribution is 5.98. The number of aliphatic carboxylic acids is 1. The number of hydrogen-bond donors (Lipinski definition) is 15. The summed E-state index contributed by atoms with van der Waals surface area (Å²) in [6, 6.07) is -11.5. The molecule has 1 fully saturated rings. The number of unbranched alkanes of at least 4 members (excludes halogenated alkanes) is 1. The maximum Gasteiger partial charge on any atom is 0.326 e. The average Bonchev–Trinajstić information content (AvgIpc) is 3.66. The molecule has 18 N–H and O–H groups in total. The van der Waals surface area contributed by atoms with Crippen molar-refractivity contribution in [3.05, 3.63) is 0 Å². The number of carbonyl (C=O) groups is 12. The van der Waals surface area contributed by atoms with Gasteiger partial charge in [-0.05, 0) is 57.9 Å². The van der Waals surface area contributed by atoms with Crippen molar-refractivity contribution in [1.29, 1.82) is 0 Å². The molecule has 0 spiro atoms. The van der Waals surface area contributed by atoms with Crippen molar-refractivity contribution in [3.8, 4) is 0 Å². The highest BCUT2D eigenvalue weighted by atomic mass is 16.4. The molecule has 0 saturated carbocycles. The van der Waals surface area contributed by atoms with E-state index in [1.807, 2.05) is 5.32 Å². The Morgan fingerprint density at radius 2 is 1.17 bits per heavy atom. The number of carboxylic acids is 1. The molecule has 27 nitrogen and oxygen atoms in total. The fourth-order valence-electron chi connectivity index (χ4n) is 5.92. The van der Waals surface area contributed by atoms with Gasteiger partial charge in [0.2, 0.25) is 65.0 Å². The van der Waals surface area contributed by atoms with Crippen molar-refractivity contribution in [2.45, 2.75) is 127 Å². The molecule has 0 radical (unpaired) electrons. The van der Waals surface area contributed by atoms with Crippen molar-refractivity contribution in [2.24, 2.45) is 23.1 Å². The molecule has 64 heavy (non-hydrogen) atoms. The van der Waals surface area contributed by atoms with Crippen molar-refractivity contribution in [2.75, 3.05) is 26.3 Å². The predicted molar refractivity (Wildman–Crippen MR) is 220 cm³/mol. The number of carboxylic acid groups (broad SMARTS) is 1. The van der Waals surface area contributed by atoms with E-state index >= 15 is 0 Å². The van der Waals surface area contributed by atoms with Gasteiger partial charge in [0.25, 0.3) is 0 Å². The van der Waals surface area contributed by atoms with E-state index in [1.54, 1.807) is 13.8 Å². The lowest BCUT2D eigenvalue weighted by Crippen LogP contribution is -2.59. The second kappa shape index (κ2) is 28.3. The molecule has 11 amide bonds. The van der Waals surface area contributed by atoms with Crippen LogP contribution in [0, 0.1) is 5.92 Å². The van der Waals surface area contributed by atoms with Crippen LogP contribution in [0.4, 0.5) is 0 Å². The first kappa shape index (κ1) is 55.5. The van der Waals surface area contributed by atoms with Gasteiger partial charge in [-0.15, -0.1) is 0 Å². The van der Waals surface area contributed by atoms with Crippen molar-refractivity contribution < 1.29 is 72.9 Å². The van der Waals surface area contributed by atoms with Gasteiger partial charge >= 0.3 is 5.97 Å². The van der Waals surface area contributed by atoms with E-state index < -0.39 is 152 Å². The van der Waals surface area contributed by atoms with Gasteiger partial charge < -0.3 is 80.4 Å². The summed E-state index contributed by atoms with van der Waals surface area (Å²) in [5, 5.41) is 49.8. The monoisotopic (exact) mass is 914 g/mol. The molecule has 8 atom stereocenters. The van der Waals surface area contributed by atoms with Gasteiger partial charge in [-0.1, -0.05) is 13.8 Å². The van der Waals surface area contributed by atoms with Crippen LogP contribution in [-0.2, 0) is 57.5 Å². The maximum atomic E-state index is 13.4. The zero-order chi connectivity index (χ0) is 48.7. The zero-order valence-corrected chi connectivity index (χ0v) is 35.9. The lowest BCUT2D eigenvalue weighted by molar-refractivity contribution is -0.144. The number of aliphatic hydroxyl groups excluding tert-OH is 2. The van der Waals surface area contributed by atoms with Gasteiger partial charge in [0.15, 0.2) is 0 Å². The Labute approximate surface area is 367 Å². The fourth-order valence-corrected chi connectivity index (χ4v) is 5.92. The standard InChI is InChI=1S/C37H62N12O15/c1-17(2)12-22(34(60)49-25(16-51)36(62)47-23(37(63)64)13-27(40)53)44-29(55)14-41-31(57)20(7-9-26(39)52)46-35(61)24(15-50)48-33(59)19(6-4-5-11-38)45-30(56)18(3)42-32(58)21-8-10-28(54)43-21/h17-25,50-51H,4-16,38H2,1-3H3,(H2,39,52)(H2,40,53)(H,41,57)(H,42,58)(H,43,54)(H,44,55)(H,45,56)(H,46,61)(H,47,62)(H,48,59)(H,49,60)(H,63,64)/t18-,19-,20-,21-,22+,23-,24-,25-/m0/s1. The third-order valence-corrected chi connectivity index (χ3v) is 9.39. The van der Waals surface area contributed by atoms with Crippen LogP contribution >= 0.6 is 0 Å². The number of rotatable bonds is 30. The summed E-state index contributed by atoms with van der Waals surface area (Å²) in [6.07, 6.45) is -0.537. The minimum Gasteiger partial charge on any atom is -0.480 e. The van der Waals surface area contributed by atoms with Crippen LogP contribution in [0.5, 0.6) is 0 Å². The Morgan fingerprint density at radius 3 is 1.66 bits per heavy atom. The fraction of sp³-hybridized carbons (Fsp3) is 0.676. The highest BCUT2D eigenvalue weighted by Crippen LogP contribution is 2.09. The minimum atomic E-state index is -1.77. The van der Waals surface area contributed by atoms with E-state index in [1.165, 1.54) is 6.92 Å². The molecule has 0 aromatic heterocycles. The number of carbonyl (C=O) groups excluding carboxylic acids is 11. The topological polar surface area (TPSA) is 452 Å². The molecule has 1 aliphatic heterocycles. The van der Waals surface area contributed by atoms with Crippen molar-refractivity contribution in [1.82, 2.24) is 47.9 Å². The summed E-state index contributed by atoms with van der Waals surface area (Å²) in [7, 11) is 0. The molecule has 0 aromatic carbocycles. The summed E-state index contributed by atoms with van der Waals surface area (Å²) in [5.74, 6) is -11.8. The van der Waals surface area contributed by atoms with E-state index in [0.29, 0.717) is 12.8 Å². The van der Waals surface area contributed by atoms with Crippen LogP contribution in [0.2, 0.25) is 0 Å². The number of nitrogens with two attached hydrogens (primary N) is 3. The molecule has 1 aliphatic rings. The van der Waals surface area contributed by atoms with Crippen LogP contribution in [-0.4, -0.2) is 161 Å². The lowest BCUT2D eigenvalue weighted by atomic mass is 10.0. The molecule has 27 heteroatoms. The molecule has 0 aromatic rings. The largest absolute Gasteiger partial charge is 0.480 e. The maximum absolute atomic E-state index is 13.4. The van der Waals surface area contributed by atoms with Gasteiger partial charge in [-0.25, -0.2) is 4.79 Å². The predicted octanol–water partition coefficient (Wildman–Crippen LogP) is -7.82.